The maximum Gasteiger partial charge on any atom is 0.306 e. The molecule has 0 radical (unpaired) electrons. The molecule has 1 aliphatic rings. The molecule has 110 valence electrons. The fraction of sp³-hybridized carbons (Fsp3) is 0.533. The highest BCUT2D eigenvalue weighted by molar-refractivity contribution is 6.30. The summed E-state index contributed by atoms with van der Waals surface area (Å²) >= 11 is 5.63. The van der Waals surface area contributed by atoms with Gasteiger partial charge in [0.05, 0.1) is 10.9 Å². The molecule has 0 heterocycles. The number of halogens is 2. The van der Waals surface area contributed by atoms with Gasteiger partial charge in [0.2, 0.25) is 0 Å². The molecule has 0 aliphatic heterocycles. The van der Waals surface area contributed by atoms with Gasteiger partial charge in [-0.15, -0.1) is 0 Å². The van der Waals surface area contributed by atoms with E-state index in [0.717, 1.165) is 31.2 Å². The Hall–Kier alpha value is -1.13. The van der Waals surface area contributed by atoms with Crippen LogP contribution in [0.15, 0.2) is 18.2 Å². The van der Waals surface area contributed by atoms with E-state index in [2.05, 4.69) is 5.32 Å². The Balaban J connectivity index is 1.85. The fourth-order valence-electron chi connectivity index (χ4n) is 2.83. The largest absolute Gasteiger partial charge is 0.481 e. The van der Waals surface area contributed by atoms with Crippen molar-refractivity contribution in [3.8, 4) is 0 Å². The Bertz CT molecular complexity index is 481. The van der Waals surface area contributed by atoms with Crippen LogP contribution < -0.4 is 5.32 Å². The minimum absolute atomic E-state index is 0.118. The lowest BCUT2D eigenvalue weighted by Crippen LogP contribution is -2.34. The molecule has 2 rings (SSSR count). The van der Waals surface area contributed by atoms with E-state index in [9.17, 15) is 14.3 Å². The van der Waals surface area contributed by atoms with Gasteiger partial charge in [0, 0.05) is 6.54 Å². The van der Waals surface area contributed by atoms with Crippen LogP contribution in [0.3, 0.4) is 0 Å². The second-order valence-corrected chi connectivity index (χ2v) is 5.78. The zero-order valence-corrected chi connectivity index (χ0v) is 12.0. The number of hydrogen-bond acceptors (Lipinski definition) is 2. The van der Waals surface area contributed by atoms with Gasteiger partial charge in [-0.3, -0.25) is 4.79 Å². The first-order chi connectivity index (χ1) is 9.58. The standard InChI is InChI=1S/C15H19ClFNO2/c16-13-6-5-10(7-14(13)17)8-18-9-11-3-1-2-4-12(11)15(19)20/h5-7,11-12,18H,1-4,8-9H2,(H,19,20). The molecule has 2 atom stereocenters. The molecular formula is C15H19ClFNO2. The van der Waals surface area contributed by atoms with Crippen molar-refractivity contribution in [2.45, 2.75) is 32.2 Å². The van der Waals surface area contributed by atoms with Gasteiger partial charge in [0.25, 0.3) is 0 Å². The quantitative estimate of drug-likeness (QED) is 0.875. The molecule has 1 aromatic carbocycles. The molecule has 5 heteroatoms. The smallest absolute Gasteiger partial charge is 0.306 e. The number of hydrogen-bond donors (Lipinski definition) is 2. The predicted octanol–water partition coefficient (Wildman–Crippen LogP) is 3.46. The maximum atomic E-state index is 13.3. The van der Waals surface area contributed by atoms with Gasteiger partial charge in [-0.2, -0.15) is 0 Å². The van der Waals surface area contributed by atoms with Crippen LogP contribution in [-0.4, -0.2) is 17.6 Å². The maximum absolute atomic E-state index is 13.3. The zero-order chi connectivity index (χ0) is 14.5. The molecule has 1 aromatic rings. The molecule has 2 unspecified atom stereocenters. The van der Waals surface area contributed by atoms with E-state index in [1.54, 1.807) is 6.07 Å². The molecule has 20 heavy (non-hydrogen) atoms. The lowest BCUT2D eigenvalue weighted by Gasteiger charge is -2.28. The van der Waals surface area contributed by atoms with E-state index in [4.69, 9.17) is 11.6 Å². The van der Waals surface area contributed by atoms with E-state index in [1.165, 1.54) is 12.1 Å². The highest BCUT2D eigenvalue weighted by Crippen LogP contribution is 2.29. The van der Waals surface area contributed by atoms with Crippen molar-refractivity contribution < 1.29 is 14.3 Å². The number of aliphatic carboxylic acids is 1. The average molecular weight is 300 g/mol. The SMILES string of the molecule is O=C(O)C1CCCCC1CNCc1ccc(Cl)c(F)c1. The third kappa shape index (κ3) is 3.93. The highest BCUT2D eigenvalue weighted by atomic mass is 35.5. The van der Waals surface area contributed by atoms with Gasteiger partial charge in [-0.1, -0.05) is 30.5 Å². The van der Waals surface area contributed by atoms with Crippen molar-refractivity contribution in [1.82, 2.24) is 5.32 Å². The van der Waals surface area contributed by atoms with Crippen molar-refractivity contribution >= 4 is 17.6 Å². The monoisotopic (exact) mass is 299 g/mol. The van der Waals surface area contributed by atoms with Crippen molar-refractivity contribution in [3.05, 3.63) is 34.6 Å². The molecule has 0 bridgehead atoms. The normalized spacial score (nSPS) is 22.7. The number of benzene rings is 1. The molecule has 0 spiro atoms. The van der Waals surface area contributed by atoms with Gasteiger partial charge < -0.3 is 10.4 Å². The van der Waals surface area contributed by atoms with Crippen LogP contribution in [0.1, 0.15) is 31.2 Å². The van der Waals surface area contributed by atoms with Crippen molar-refractivity contribution in [2.75, 3.05) is 6.54 Å². The Labute approximate surface area is 123 Å². The summed E-state index contributed by atoms with van der Waals surface area (Å²) in [4.78, 5) is 11.2. The lowest BCUT2D eigenvalue weighted by molar-refractivity contribution is -0.144. The van der Waals surface area contributed by atoms with E-state index in [1.807, 2.05) is 0 Å². The molecule has 0 saturated heterocycles. The zero-order valence-electron chi connectivity index (χ0n) is 11.2. The number of rotatable bonds is 5. The van der Waals surface area contributed by atoms with E-state index >= 15 is 0 Å². The predicted molar refractivity (Wildman–Crippen MR) is 76.2 cm³/mol. The Morgan fingerprint density at radius 2 is 2.15 bits per heavy atom. The van der Waals surface area contributed by atoms with E-state index in [-0.39, 0.29) is 16.9 Å². The number of nitrogens with one attached hydrogen (secondary N) is 1. The van der Waals surface area contributed by atoms with Gasteiger partial charge in [0.15, 0.2) is 0 Å². The summed E-state index contributed by atoms with van der Waals surface area (Å²) in [7, 11) is 0. The summed E-state index contributed by atoms with van der Waals surface area (Å²) in [6.07, 6.45) is 3.79. The number of carboxylic acids is 1. The topological polar surface area (TPSA) is 49.3 Å². The van der Waals surface area contributed by atoms with Crippen molar-refractivity contribution in [3.63, 3.8) is 0 Å². The molecule has 2 N–H and O–H groups in total. The summed E-state index contributed by atoms with van der Waals surface area (Å²) in [5.41, 5.74) is 0.814. The molecule has 1 fully saturated rings. The molecular weight excluding hydrogens is 281 g/mol. The van der Waals surface area contributed by atoms with Gasteiger partial charge in [0.1, 0.15) is 5.82 Å². The Morgan fingerprint density at radius 3 is 2.85 bits per heavy atom. The molecule has 3 nitrogen and oxygen atoms in total. The second kappa shape index (κ2) is 7.04. The summed E-state index contributed by atoms with van der Waals surface area (Å²) in [5, 5.41) is 12.5. The van der Waals surface area contributed by atoms with Crippen LogP contribution in [0.5, 0.6) is 0 Å². The van der Waals surface area contributed by atoms with Gasteiger partial charge in [-0.05, 0) is 43.0 Å². The summed E-state index contributed by atoms with van der Waals surface area (Å²) in [5.74, 6) is -1.21. The third-order valence-electron chi connectivity index (χ3n) is 3.95. The second-order valence-electron chi connectivity index (χ2n) is 5.37. The number of carboxylic acid groups (broad SMARTS) is 1. The van der Waals surface area contributed by atoms with Gasteiger partial charge >= 0.3 is 5.97 Å². The first-order valence-electron chi connectivity index (χ1n) is 6.95. The summed E-state index contributed by atoms with van der Waals surface area (Å²) in [6.45, 7) is 1.18. The van der Waals surface area contributed by atoms with Gasteiger partial charge in [-0.25, -0.2) is 4.39 Å². The Kier molecular flexibility index (Phi) is 5.38. The first kappa shape index (κ1) is 15.3. The van der Waals surface area contributed by atoms with Crippen LogP contribution in [0.25, 0.3) is 0 Å². The molecule has 0 amide bonds. The highest BCUT2D eigenvalue weighted by Gasteiger charge is 2.30. The molecule has 0 aromatic heterocycles. The van der Waals surface area contributed by atoms with E-state index in [0.29, 0.717) is 13.1 Å². The minimum atomic E-state index is -0.700. The van der Waals surface area contributed by atoms with Crippen LogP contribution >= 0.6 is 11.6 Å². The van der Waals surface area contributed by atoms with E-state index < -0.39 is 11.8 Å². The van der Waals surface area contributed by atoms with Crippen LogP contribution in [-0.2, 0) is 11.3 Å². The fourth-order valence-corrected chi connectivity index (χ4v) is 2.95. The van der Waals surface area contributed by atoms with Crippen molar-refractivity contribution in [1.29, 1.82) is 0 Å². The summed E-state index contributed by atoms with van der Waals surface area (Å²) in [6, 6.07) is 4.72. The number of carbonyl (C=O) groups is 1. The van der Waals surface area contributed by atoms with Crippen LogP contribution in [0, 0.1) is 17.7 Å². The summed E-state index contributed by atoms with van der Waals surface area (Å²) < 4.78 is 13.3. The van der Waals surface area contributed by atoms with Crippen LogP contribution in [0.2, 0.25) is 5.02 Å². The third-order valence-corrected chi connectivity index (χ3v) is 4.25. The van der Waals surface area contributed by atoms with Crippen molar-refractivity contribution in [2.24, 2.45) is 11.8 Å². The first-order valence-corrected chi connectivity index (χ1v) is 7.33. The van der Waals surface area contributed by atoms with Crippen LogP contribution in [0.4, 0.5) is 4.39 Å². The lowest BCUT2D eigenvalue weighted by atomic mass is 9.79. The molecule has 1 saturated carbocycles. The average Bonchev–Trinajstić information content (AvgIpc) is 2.43. The minimum Gasteiger partial charge on any atom is -0.481 e. The molecule has 1 aliphatic carbocycles. The Morgan fingerprint density at radius 1 is 1.40 bits per heavy atom.